The molecule has 8 heteroatoms. The molecule has 0 atom stereocenters. The van der Waals surface area contributed by atoms with E-state index in [4.69, 9.17) is 4.42 Å². The third kappa shape index (κ3) is 7.64. The lowest BCUT2D eigenvalue weighted by molar-refractivity contribution is -0.133. The van der Waals surface area contributed by atoms with E-state index in [2.05, 4.69) is 39.6 Å². The maximum Gasteiger partial charge on any atom is 0.243 e. The Labute approximate surface area is 209 Å². The lowest BCUT2D eigenvalue weighted by atomic mass is 9.91. The van der Waals surface area contributed by atoms with Crippen molar-refractivity contribution in [2.24, 2.45) is 11.3 Å². The summed E-state index contributed by atoms with van der Waals surface area (Å²) in [5.41, 5.74) is 1.35. The number of aromatic nitrogens is 1. The average molecular weight is 500 g/mol. The van der Waals surface area contributed by atoms with E-state index in [9.17, 15) is 13.2 Å². The number of sulfonamides is 1. The van der Waals surface area contributed by atoms with Crippen LogP contribution in [-0.4, -0.2) is 48.1 Å². The van der Waals surface area contributed by atoms with Gasteiger partial charge >= 0.3 is 0 Å². The summed E-state index contributed by atoms with van der Waals surface area (Å²) < 4.78 is 34.2. The first-order valence-electron chi connectivity index (χ1n) is 12.1. The Morgan fingerprint density at radius 2 is 1.89 bits per heavy atom. The van der Waals surface area contributed by atoms with Gasteiger partial charge in [-0.15, -0.1) is 0 Å². The number of hydrogen-bond acceptors (Lipinski definition) is 5. The van der Waals surface area contributed by atoms with Crippen LogP contribution in [0, 0.1) is 11.3 Å². The van der Waals surface area contributed by atoms with E-state index < -0.39 is 10.0 Å². The number of fused-ring (bicyclic) bond motifs is 1. The summed E-state index contributed by atoms with van der Waals surface area (Å²) in [5, 5.41) is 0.739. The first-order valence-corrected chi connectivity index (χ1v) is 13.5. The minimum absolute atomic E-state index is 0.103. The van der Waals surface area contributed by atoms with Crippen molar-refractivity contribution in [1.29, 1.82) is 0 Å². The van der Waals surface area contributed by atoms with Crippen LogP contribution >= 0.6 is 0 Å². The molecule has 0 radical (unpaired) electrons. The molecule has 2 heterocycles. The lowest BCUT2D eigenvalue weighted by Gasteiger charge is -2.29. The molecule has 1 amide bonds. The molecule has 0 saturated carbocycles. The van der Waals surface area contributed by atoms with E-state index in [1.165, 1.54) is 4.31 Å². The number of pyridine rings is 1. The van der Waals surface area contributed by atoms with E-state index in [0.29, 0.717) is 37.4 Å². The van der Waals surface area contributed by atoms with Crippen molar-refractivity contribution in [1.82, 2.24) is 14.2 Å². The summed E-state index contributed by atoms with van der Waals surface area (Å²) in [5.74, 6) is 0.439. The maximum absolute atomic E-state index is 13.7. The summed E-state index contributed by atoms with van der Waals surface area (Å²) >= 11 is 0. The molecule has 0 aliphatic carbocycles. The fourth-order valence-electron chi connectivity index (χ4n) is 4.00. The highest BCUT2D eigenvalue weighted by atomic mass is 32.2. The van der Waals surface area contributed by atoms with Crippen LogP contribution in [0.5, 0.6) is 0 Å². The molecule has 0 aliphatic rings. The molecule has 0 spiro atoms. The Hall–Kier alpha value is -2.71. The largest absolute Gasteiger partial charge is 0.464 e. The van der Waals surface area contributed by atoms with E-state index in [0.717, 1.165) is 10.9 Å². The van der Waals surface area contributed by atoms with Gasteiger partial charge in [-0.2, -0.15) is 4.31 Å². The van der Waals surface area contributed by atoms with Crippen LogP contribution in [0.15, 0.2) is 64.4 Å². The van der Waals surface area contributed by atoms with E-state index >= 15 is 0 Å². The lowest BCUT2D eigenvalue weighted by Crippen LogP contribution is -2.39. The maximum atomic E-state index is 13.7. The van der Waals surface area contributed by atoms with Gasteiger partial charge in [0.15, 0.2) is 0 Å². The topological polar surface area (TPSA) is 83.7 Å². The van der Waals surface area contributed by atoms with Crippen molar-refractivity contribution in [3.8, 4) is 0 Å². The molecular formula is C27H37N3O4S. The number of rotatable bonds is 11. The third-order valence-electron chi connectivity index (χ3n) is 5.60. The van der Waals surface area contributed by atoms with Crippen LogP contribution in [0.3, 0.4) is 0 Å². The molecule has 1 aromatic carbocycles. The van der Waals surface area contributed by atoms with Crippen molar-refractivity contribution in [3.05, 3.63) is 60.6 Å². The molecular weight excluding hydrogens is 462 g/mol. The number of furan rings is 1. The minimum Gasteiger partial charge on any atom is -0.464 e. The molecule has 3 aromatic rings. The molecule has 190 valence electrons. The van der Waals surface area contributed by atoms with Crippen LogP contribution in [0.2, 0.25) is 0 Å². The van der Waals surface area contributed by atoms with Crippen LogP contribution < -0.4 is 0 Å². The summed E-state index contributed by atoms with van der Waals surface area (Å²) in [6.45, 7) is 12.0. The average Bonchev–Trinajstić information content (AvgIpc) is 3.25. The number of benzene rings is 1. The molecule has 0 saturated heterocycles. The molecule has 3 rings (SSSR count). The molecule has 0 N–H and O–H groups in total. The first-order chi connectivity index (χ1) is 16.5. The Kier molecular flexibility index (Phi) is 8.72. The van der Waals surface area contributed by atoms with E-state index in [-0.39, 0.29) is 29.3 Å². The number of amides is 1. The Bertz CT molecular complexity index is 1210. The number of carbonyl (C=O) groups is 1. The molecule has 7 nitrogen and oxygen atoms in total. The summed E-state index contributed by atoms with van der Waals surface area (Å²) in [6, 6.07) is 10.3. The van der Waals surface area contributed by atoms with Gasteiger partial charge in [0.05, 0.1) is 11.2 Å². The van der Waals surface area contributed by atoms with E-state index in [1.807, 2.05) is 11.0 Å². The van der Waals surface area contributed by atoms with Gasteiger partial charge in [-0.3, -0.25) is 9.78 Å². The van der Waals surface area contributed by atoms with Gasteiger partial charge in [-0.25, -0.2) is 8.42 Å². The zero-order valence-corrected chi connectivity index (χ0v) is 22.2. The predicted octanol–water partition coefficient (Wildman–Crippen LogP) is 5.33. The highest BCUT2D eigenvalue weighted by Gasteiger charge is 2.27. The third-order valence-corrected chi connectivity index (χ3v) is 7.44. The Morgan fingerprint density at radius 3 is 2.54 bits per heavy atom. The number of hydrogen-bond donors (Lipinski definition) is 0. The monoisotopic (exact) mass is 499 g/mol. The summed E-state index contributed by atoms with van der Waals surface area (Å²) in [6.07, 6.45) is 5.89. The molecule has 0 fully saturated rings. The van der Waals surface area contributed by atoms with Crippen LogP contribution in [0.1, 0.15) is 53.0 Å². The summed E-state index contributed by atoms with van der Waals surface area (Å²) in [7, 11) is -3.78. The van der Waals surface area contributed by atoms with Gasteiger partial charge in [0.1, 0.15) is 5.58 Å². The molecule has 0 aliphatic heterocycles. The Balaban J connectivity index is 1.80. The normalized spacial score (nSPS) is 12.5. The number of nitrogens with zero attached hydrogens (tertiary/aromatic N) is 3. The zero-order chi connectivity index (χ0) is 25.6. The first kappa shape index (κ1) is 26.9. The molecule has 0 bridgehead atoms. The second-order valence-corrected chi connectivity index (χ2v) is 12.6. The second-order valence-electron chi connectivity index (χ2n) is 10.6. The smallest absolute Gasteiger partial charge is 0.243 e. The fourth-order valence-corrected chi connectivity index (χ4v) is 5.50. The SMILES string of the molecule is CC(C)CN(CCCN(Cc1cccnc1)S(=O)(=O)c1ccc2occc2c1)C(=O)CC(C)(C)C. The van der Waals surface area contributed by atoms with E-state index in [1.54, 1.807) is 49.0 Å². The quantitative estimate of drug-likeness (QED) is 0.356. The van der Waals surface area contributed by atoms with Gasteiger partial charge in [0.2, 0.25) is 15.9 Å². The van der Waals surface area contributed by atoms with Crippen LogP contribution in [0.25, 0.3) is 11.0 Å². The van der Waals surface area contributed by atoms with Gasteiger partial charge in [-0.1, -0.05) is 40.7 Å². The van der Waals surface area contributed by atoms with Crippen LogP contribution in [-0.2, 0) is 21.4 Å². The highest BCUT2D eigenvalue weighted by Crippen LogP contribution is 2.25. The van der Waals surface area contributed by atoms with Crippen molar-refractivity contribution in [2.45, 2.75) is 58.9 Å². The Morgan fingerprint density at radius 1 is 1.11 bits per heavy atom. The van der Waals surface area contributed by atoms with Gasteiger partial charge in [0.25, 0.3) is 0 Å². The molecule has 35 heavy (non-hydrogen) atoms. The molecule has 2 aromatic heterocycles. The van der Waals surface area contributed by atoms with Gasteiger partial charge < -0.3 is 9.32 Å². The predicted molar refractivity (Wildman–Crippen MR) is 138 cm³/mol. The number of carbonyl (C=O) groups excluding carboxylic acids is 1. The van der Waals surface area contributed by atoms with Crippen LogP contribution in [0.4, 0.5) is 0 Å². The van der Waals surface area contributed by atoms with Crippen molar-refractivity contribution < 1.29 is 17.6 Å². The highest BCUT2D eigenvalue weighted by molar-refractivity contribution is 7.89. The zero-order valence-electron chi connectivity index (χ0n) is 21.4. The second kappa shape index (κ2) is 11.4. The van der Waals surface area contributed by atoms with Crippen molar-refractivity contribution in [2.75, 3.05) is 19.6 Å². The standard InChI is InChI=1S/C27H37N3O4S/c1-21(2)19-29(26(31)17-27(3,4)5)13-7-14-30(20-22-8-6-12-28-18-22)35(32,33)24-9-10-25-23(16-24)11-15-34-25/h6,8-12,15-16,18,21H,7,13-14,17,19-20H2,1-5H3. The van der Waals surface area contributed by atoms with Gasteiger partial charge in [-0.05, 0) is 53.6 Å². The van der Waals surface area contributed by atoms with Crippen molar-refractivity contribution >= 4 is 26.9 Å². The minimum atomic E-state index is -3.78. The molecule has 0 unspecified atom stereocenters. The van der Waals surface area contributed by atoms with Gasteiger partial charge in [0, 0.05) is 50.4 Å². The fraction of sp³-hybridized carbons (Fsp3) is 0.481. The van der Waals surface area contributed by atoms with Crippen molar-refractivity contribution in [3.63, 3.8) is 0 Å². The summed E-state index contributed by atoms with van der Waals surface area (Å²) in [4.78, 5) is 19.2.